The highest BCUT2D eigenvalue weighted by Gasteiger charge is 2.39. The van der Waals surface area contributed by atoms with Gasteiger partial charge in [0.05, 0.1) is 10.4 Å². The van der Waals surface area contributed by atoms with Crippen LogP contribution in [0.1, 0.15) is 29.1 Å². The van der Waals surface area contributed by atoms with Gasteiger partial charge >= 0.3 is 0 Å². The number of benzene rings is 1. The Morgan fingerprint density at radius 3 is 3.09 bits per heavy atom. The highest BCUT2D eigenvalue weighted by molar-refractivity contribution is 8.01. The van der Waals surface area contributed by atoms with Crippen LogP contribution in [0.25, 0.3) is 0 Å². The van der Waals surface area contributed by atoms with Gasteiger partial charge in [0, 0.05) is 28.0 Å². The number of nitrogens with zero attached hydrogens (tertiary/aromatic N) is 1. The first kappa shape index (κ1) is 15.4. The molecular formula is C16H16ClN3OS2. The molecule has 0 saturated carbocycles. The quantitative estimate of drug-likeness (QED) is 0.869. The third-order valence-corrected chi connectivity index (χ3v) is 6.63. The zero-order valence-electron chi connectivity index (χ0n) is 12.3. The van der Waals surface area contributed by atoms with E-state index >= 15 is 0 Å². The smallest absolute Gasteiger partial charge is 0.280 e. The number of rotatable bonds is 4. The van der Waals surface area contributed by atoms with Crippen molar-refractivity contribution < 1.29 is 4.79 Å². The molecule has 2 fully saturated rings. The van der Waals surface area contributed by atoms with E-state index in [0.717, 1.165) is 21.9 Å². The first-order valence-corrected chi connectivity index (χ1v) is 9.64. The summed E-state index contributed by atoms with van der Waals surface area (Å²) in [7, 11) is 0. The van der Waals surface area contributed by atoms with Crippen LogP contribution in [0.3, 0.4) is 0 Å². The van der Waals surface area contributed by atoms with Crippen molar-refractivity contribution in [2.75, 3.05) is 0 Å². The van der Waals surface area contributed by atoms with Gasteiger partial charge in [-0.15, -0.1) is 11.3 Å². The summed E-state index contributed by atoms with van der Waals surface area (Å²) >= 11 is 8.99. The lowest BCUT2D eigenvalue weighted by Gasteiger charge is -2.20. The Labute approximate surface area is 148 Å². The summed E-state index contributed by atoms with van der Waals surface area (Å²) in [5.74, 6) is -0.0627. The van der Waals surface area contributed by atoms with Crippen molar-refractivity contribution in [1.82, 2.24) is 15.6 Å². The van der Waals surface area contributed by atoms with Gasteiger partial charge in [-0.1, -0.05) is 29.4 Å². The number of fused-ring (bicyclic) bond motifs is 2. The minimum atomic E-state index is -0.0627. The normalized spacial score (nSPS) is 25.7. The predicted molar refractivity (Wildman–Crippen MR) is 93.5 cm³/mol. The molecule has 3 unspecified atom stereocenters. The van der Waals surface area contributed by atoms with Crippen LogP contribution in [0.4, 0.5) is 0 Å². The Bertz CT molecular complexity index is 736. The average molecular weight is 366 g/mol. The molecule has 2 N–H and O–H groups in total. The minimum absolute atomic E-state index is 0.0627. The molecule has 0 spiro atoms. The standard InChI is InChI=1S/C16H16ClN3OS2/c17-9-2-1-3-11(6-9)22-14-8-18-16(23-14)15(21)20-13-7-10-4-5-12(13)19-10/h1-3,6,8,10,12-13,19H,4-5,7H2,(H,20,21). The number of halogens is 1. The minimum Gasteiger partial charge on any atom is -0.346 e. The number of thiazole rings is 1. The van der Waals surface area contributed by atoms with Crippen molar-refractivity contribution in [1.29, 1.82) is 0 Å². The van der Waals surface area contributed by atoms with Crippen molar-refractivity contribution >= 4 is 40.6 Å². The van der Waals surface area contributed by atoms with Gasteiger partial charge in [0.2, 0.25) is 0 Å². The predicted octanol–water partition coefficient (Wildman–Crippen LogP) is 3.57. The van der Waals surface area contributed by atoms with Crippen molar-refractivity contribution in [2.24, 2.45) is 0 Å². The maximum Gasteiger partial charge on any atom is 0.280 e. The molecule has 0 radical (unpaired) electrons. The van der Waals surface area contributed by atoms with Gasteiger partial charge < -0.3 is 10.6 Å². The van der Waals surface area contributed by atoms with Gasteiger partial charge in [0.1, 0.15) is 0 Å². The van der Waals surface area contributed by atoms with Gasteiger partial charge in [0.15, 0.2) is 5.01 Å². The third-order valence-electron chi connectivity index (χ3n) is 4.31. The van der Waals surface area contributed by atoms with E-state index in [4.69, 9.17) is 11.6 Å². The number of hydrogen-bond donors (Lipinski definition) is 2. The van der Waals surface area contributed by atoms with Crippen LogP contribution in [0.2, 0.25) is 5.02 Å². The molecular weight excluding hydrogens is 350 g/mol. The van der Waals surface area contributed by atoms with Gasteiger partial charge in [0.25, 0.3) is 5.91 Å². The van der Waals surface area contributed by atoms with Crippen LogP contribution in [0, 0.1) is 0 Å². The van der Waals surface area contributed by atoms with Crippen LogP contribution in [0.5, 0.6) is 0 Å². The van der Waals surface area contributed by atoms with E-state index in [9.17, 15) is 4.79 Å². The number of hydrogen-bond acceptors (Lipinski definition) is 5. The Hall–Kier alpha value is -1.08. The third kappa shape index (κ3) is 3.40. The largest absolute Gasteiger partial charge is 0.346 e. The second kappa shape index (κ2) is 6.43. The monoisotopic (exact) mass is 365 g/mol. The summed E-state index contributed by atoms with van der Waals surface area (Å²) in [6, 6.07) is 8.93. The highest BCUT2D eigenvalue weighted by atomic mass is 35.5. The Morgan fingerprint density at radius 2 is 2.35 bits per heavy atom. The molecule has 4 nitrogen and oxygen atoms in total. The van der Waals surface area contributed by atoms with Crippen LogP contribution < -0.4 is 10.6 Å². The first-order valence-electron chi connectivity index (χ1n) is 7.63. The molecule has 2 bridgehead atoms. The van der Waals surface area contributed by atoms with E-state index in [-0.39, 0.29) is 11.9 Å². The SMILES string of the molecule is O=C(NC1CC2CCC1N2)c1ncc(Sc2cccc(Cl)c2)s1. The molecule has 2 aliphatic heterocycles. The molecule has 4 rings (SSSR count). The summed E-state index contributed by atoms with van der Waals surface area (Å²) < 4.78 is 0.989. The molecule has 120 valence electrons. The van der Waals surface area contributed by atoms with Crippen LogP contribution in [-0.4, -0.2) is 29.0 Å². The molecule has 23 heavy (non-hydrogen) atoms. The number of carbonyl (C=O) groups excluding carboxylic acids is 1. The van der Waals surface area contributed by atoms with Crippen LogP contribution in [-0.2, 0) is 0 Å². The summed E-state index contributed by atoms with van der Waals surface area (Å²) in [6.45, 7) is 0. The first-order chi connectivity index (χ1) is 11.2. The van der Waals surface area contributed by atoms with Crippen molar-refractivity contribution in [2.45, 2.75) is 46.5 Å². The number of carbonyl (C=O) groups is 1. The highest BCUT2D eigenvalue weighted by Crippen LogP contribution is 2.33. The fourth-order valence-corrected chi connectivity index (χ4v) is 5.44. The Kier molecular flexibility index (Phi) is 4.32. The van der Waals surface area contributed by atoms with E-state index in [0.29, 0.717) is 22.1 Å². The van der Waals surface area contributed by atoms with E-state index in [1.54, 1.807) is 18.0 Å². The molecule has 1 aromatic carbocycles. The fraction of sp³-hybridized carbons (Fsp3) is 0.375. The van der Waals surface area contributed by atoms with Gasteiger partial charge in [-0.05, 0) is 37.5 Å². The maximum atomic E-state index is 12.4. The molecule has 3 atom stereocenters. The van der Waals surface area contributed by atoms with E-state index in [1.165, 1.54) is 17.8 Å². The second-order valence-corrected chi connectivity index (χ2v) is 8.75. The average Bonchev–Trinajstić information content (AvgIpc) is 3.23. The van der Waals surface area contributed by atoms with Crippen molar-refractivity contribution in [3.05, 3.63) is 40.5 Å². The van der Waals surface area contributed by atoms with Crippen LogP contribution >= 0.6 is 34.7 Å². The lowest BCUT2D eigenvalue weighted by atomic mass is 9.95. The van der Waals surface area contributed by atoms with Crippen molar-refractivity contribution in [3.8, 4) is 0 Å². The fourth-order valence-electron chi connectivity index (χ4n) is 3.27. The summed E-state index contributed by atoms with van der Waals surface area (Å²) in [5, 5.41) is 7.89. The molecule has 1 aromatic heterocycles. The van der Waals surface area contributed by atoms with Crippen molar-refractivity contribution in [3.63, 3.8) is 0 Å². The summed E-state index contributed by atoms with van der Waals surface area (Å²) in [6.07, 6.45) is 5.17. The molecule has 3 heterocycles. The number of amides is 1. The molecule has 0 aliphatic carbocycles. The van der Waals surface area contributed by atoms with E-state index in [2.05, 4.69) is 15.6 Å². The summed E-state index contributed by atoms with van der Waals surface area (Å²) in [4.78, 5) is 17.7. The van der Waals surface area contributed by atoms with E-state index < -0.39 is 0 Å². The lowest BCUT2D eigenvalue weighted by molar-refractivity contribution is 0.0930. The second-order valence-electron chi connectivity index (χ2n) is 5.91. The molecule has 2 aromatic rings. The van der Waals surface area contributed by atoms with Gasteiger partial charge in [-0.3, -0.25) is 4.79 Å². The zero-order valence-corrected chi connectivity index (χ0v) is 14.7. The zero-order chi connectivity index (χ0) is 15.8. The Balaban J connectivity index is 1.40. The lowest BCUT2D eigenvalue weighted by Crippen LogP contribution is -2.42. The van der Waals surface area contributed by atoms with Gasteiger partial charge in [-0.2, -0.15) is 0 Å². The molecule has 2 aliphatic rings. The molecule has 2 saturated heterocycles. The molecule has 7 heteroatoms. The van der Waals surface area contributed by atoms with E-state index in [1.807, 2.05) is 24.3 Å². The number of aromatic nitrogens is 1. The molecule has 1 amide bonds. The summed E-state index contributed by atoms with van der Waals surface area (Å²) in [5.41, 5.74) is 0. The van der Waals surface area contributed by atoms with Crippen LogP contribution in [0.15, 0.2) is 39.6 Å². The van der Waals surface area contributed by atoms with Gasteiger partial charge in [-0.25, -0.2) is 4.98 Å². The maximum absolute atomic E-state index is 12.4. The number of nitrogens with one attached hydrogen (secondary N) is 2. The Morgan fingerprint density at radius 1 is 1.43 bits per heavy atom. The topological polar surface area (TPSA) is 54.0 Å².